The summed E-state index contributed by atoms with van der Waals surface area (Å²) < 4.78 is 5.46. The van der Waals surface area contributed by atoms with E-state index in [-0.39, 0.29) is 11.7 Å². The molecule has 0 spiro atoms. The second-order valence-electron chi connectivity index (χ2n) is 9.19. The van der Waals surface area contributed by atoms with Crippen LogP contribution in [0.5, 0.6) is 0 Å². The molecule has 7 heteroatoms. The second-order valence-corrected chi connectivity index (χ2v) is 9.19. The van der Waals surface area contributed by atoms with Crippen molar-refractivity contribution in [3.63, 3.8) is 0 Å². The fourth-order valence-corrected chi connectivity index (χ4v) is 4.11. The first kappa shape index (κ1) is 23.0. The zero-order valence-corrected chi connectivity index (χ0v) is 18.6. The number of hydrogen-bond acceptors (Lipinski definition) is 4. The Bertz CT molecular complexity index is 766. The van der Waals surface area contributed by atoms with E-state index in [0.29, 0.717) is 29.1 Å². The summed E-state index contributed by atoms with van der Waals surface area (Å²) >= 11 is 0. The topological polar surface area (TPSA) is 100 Å². The maximum absolute atomic E-state index is 12.8. The Morgan fingerprint density at radius 1 is 1.07 bits per heavy atom. The number of aryl methyl sites for hydroxylation is 1. The van der Waals surface area contributed by atoms with Gasteiger partial charge in [-0.25, -0.2) is 4.79 Å². The predicted molar refractivity (Wildman–Crippen MR) is 112 cm³/mol. The van der Waals surface area contributed by atoms with Gasteiger partial charge in [0.15, 0.2) is 5.78 Å². The standard InChI is InChI=1S/C22H35N3O4/c1-14-17(16(3)26)15(2)24-18(14)19(27)23-13-22(11-9-7-8-10-12-22)25-20(28)29-21(4,5)6/h24H,7-13H2,1-6H3,(H,23,27)(H,25,28). The lowest BCUT2D eigenvalue weighted by molar-refractivity contribution is 0.0437. The highest BCUT2D eigenvalue weighted by Gasteiger charge is 2.35. The van der Waals surface area contributed by atoms with Crippen molar-refractivity contribution in [3.8, 4) is 0 Å². The van der Waals surface area contributed by atoms with E-state index in [1.807, 2.05) is 20.8 Å². The molecule has 0 aliphatic heterocycles. The van der Waals surface area contributed by atoms with Crippen molar-refractivity contribution in [2.75, 3.05) is 6.54 Å². The van der Waals surface area contributed by atoms with Crippen LogP contribution in [0.1, 0.15) is 98.3 Å². The van der Waals surface area contributed by atoms with E-state index in [4.69, 9.17) is 4.74 Å². The molecule has 0 aromatic carbocycles. The molecule has 0 unspecified atom stereocenters. The maximum Gasteiger partial charge on any atom is 0.408 e. The molecule has 7 nitrogen and oxygen atoms in total. The lowest BCUT2D eigenvalue weighted by Crippen LogP contribution is -2.56. The normalized spacial score (nSPS) is 16.6. The van der Waals surface area contributed by atoms with Crippen LogP contribution in [0.3, 0.4) is 0 Å². The van der Waals surface area contributed by atoms with Gasteiger partial charge in [-0.15, -0.1) is 0 Å². The first-order valence-corrected chi connectivity index (χ1v) is 10.4. The molecule has 1 aliphatic carbocycles. The number of aromatic amines is 1. The first-order valence-electron chi connectivity index (χ1n) is 10.4. The Balaban J connectivity index is 2.15. The van der Waals surface area contributed by atoms with Crippen LogP contribution >= 0.6 is 0 Å². The number of alkyl carbamates (subject to hydrolysis) is 1. The van der Waals surface area contributed by atoms with E-state index in [2.05, 4.69) is 15.6 Å². The van der Waals surface area contributed by atoms with Crippen molar-refractivity contribution in [3.05, 3.63) is 22.5 Å². The molecule has 0 atom stereocenters. The van der Waals surface area contributed by atoms with Gasteiger partial charge >= 0.3 is 6.09 Å². The minimum atomic E-state index is -0.582. The van der Waals surface area contributed by atoms with Gasteiger partial charge in [-0.3, -0.25) is 9.59 Å². The number of amides is 2. The summed E-state index contributed by atoms with van der Waals surface area (Å²) in [5, 5.41) is 6.02. The third kappa shape index (κ3) is 6.08. The summed E-state index contributed by atoms with van der Waals surface area (Å²) in [7, 11) is 0. The summed E-state index contributed by atoms with van der Waals surface area (Å²) in [6.07, 6.45) is 5.31. The SMILES string of the molecule is CC(=O)c1c(C)[nH]c(C(=O)NCC2(NC(=O)OC(C)(C)C)CCCCCC2)c1C. The van der Waals surface area contributed by atoms with Crippen molar-refractivity contribution >= 4 is 17.8 Å². The molecule has 0 bridgehead atoms. The molecule has 0 radical (unpaired) electrons. The number of rotatable bonds is 5. The van der Waals surface area contributed by atoms with Crippen molar-refractivity contribution in [1.29, 1.82) is 0 Å². The van der Waals surface area contributed by atoms with Gasteiger partial charge < -0.3 is 20.4 Å². The van der Waals surface area contributed by atoms with Gasteiger partial charge in [-0.1, -0.05) is 25.7 Å². The van der Waals surface area contributed by atoms with Crippen molar-refractivity contribution in [2.24, 2.45) is 0 Å². The highest BCUT2D eigenvalue weighted by molar-refractivity contribution is 6.02. The summed E-state index contributed by atoms with van der Waals surface area (Å²) in [6, 6.07) is 0. The molecule has 3 N–H and O–H groups in total. The molecule has 1 heterocycles. The van der Waals surface area contributed by atoms with Gasteiger partial charge in [-0.05, 0) is 59.9 Å². The van der Waals surface area contributed by atoms with Crippen LogP contribution < -0.4 is 10.6 Å². The largest absolute Gasteiger partial charge is 0.444 e. The number of nitrogens with one attached hydrogen (secondary N) is 3. The van der Waals surface area contributed by atoms with E-state index >= 15 is 0 Å². The van der Waals surface area contributed by atoms with Gasteiger partial charge in [0.05, 0.1) is 5.54 Å². The number of ether oxygens (including phenoxy) is 1. The molecule has 29 heavy (non-hydrogen) atoms. The Kier molecular flexibility index (Phi) is 7.14. The third-order valence-electron chi connectivity index (χ3n) is 5.43. The maximum atomic E-state index is 12.8. The van der Waals surface area contributed by atoms with Gasteiger partial charge in [-0.2, -0.15) is 0 Å². The van der Waals surface area contributed by atoms with Gasteiger partial charge in [0, 0.05) is 17.8 Å². The van der Waals surface area contributed by atoms with Crippen LogP contribution in [0, 0.1) is 13.8 Å². The average Bonchev–Trinajstić information content (AvgIpc) is 2.75. The van der Waals surface area contributed by atoms with Crippen LogP contribution in [-0.2, 0) is 4.74 Å². The number of aromatic nitrogens is 1. The Morgan fingerprint density at radius 2 is 1.66 bits per heavy atom. The molecule has 1 aromatic rings. The van der Waals surface area contributed by atoms with Crippen molar-refractivity contribution in [2.45, 2.75) is 91.2 Å². The zero-order valence-electron chi connectivity index (χ0n) is 18.6. The highest BCUT2D eigenvalue weighted by Crippen LogP contribution is 2.28. The molecule has 162 valence electrons. The van der Waals surface area contributed by atoms with E-state index in [1.54, 1.807) is 13.8 Å². The van der Waals surface area contributed by atoms with E-state index in [9.17, 15) is 14.4 Å². The number of carbonyl (C=O) groups is 3. The summed E-state index contributed by atoms with van der Waals surface area (Å²) in [6.45, 7) is 10.9. The number of hydrogen-bond donors (Lipinski definition) is 3. The van der Waals surface area contributed by atoms with Gasteiger partial charge in [0.25, 0.3) is 5.91 Å². The minimum absolute atomic E-state index is 0.0675. The van der Waals surface area contributed by atoms with E-state index in [0.717, 1.165) is 38.5 Å². The first-order chi connectivity index (χ1) is 13.4. The van der Waals surface area contributed by atoms with Crippen LogP contribution in [0.4, 0.5) is 4.79 Å². The molecular formula is C22H35N3O4. The zero-order chi connectivity index (χ0) is 21.8. The van der Waals surface area contributed by atoms with Crippen molar-refractivity contribution < 1.29 is 19.1 Å². The van der Waals surface area contributed by atoms with Gasteiger partial charge in [0.1, 0.15) is 11.3 Å². The van der Waals surface area contributed by atoms with E-state index in [1.165, 1.54) is 6.92 Å². The van der Waals surface area contributed by atoms with Crippen LogP contribution in [0.15, 0.2) is 0 Å². The minimum Gasteiger partial charge on any atom is -0.444 e. The lowest BCUT2D eigenvalue weighted by atomic mass is 9.90. The van der Waals surface area contributed by atoms with Crippen molar-refractivity contribution in [1.82, 2.24) is 15.6 Å². The fraction of sp³-hybridized carbons (Fsp3) is 0.682. The highest BCUT2D eigenvalue weighted by atomic mass is 16.6. The molecule has 2 rings (SSSR count). The lowest BCUT2D eigenvalue weighted by Gasteiger charge is -2.35. The Labute approximate surface area is 173 Å². The van der Waals surface area contributed by atoms with Crippen LogP contribution in [0.25, 0.3) is 0 Å². The Hall–Kier alpha value is -2.31. The molecule has 1 fully saturated rings. The molecule has 1 aliphatic rings. The quantitative estimate of drug-likeness (QED) is 0.505. The molecule has 1 aromatic heterocycles. The fourth-order valence-electron chi connectivity index (χ4n) is 4.11. The molecule has 1 saturated carbocycles. The third-order valence-corrected chi connectivity index (χ3v) is 5.43. The number of Topliss-reactive ketones (excluding diaryl/α,β-unsaturated/α-hetero) is 1. The second kappa shape index (κ2) is 9.01. The number of carbonyl (C=O) groups excluding carboxylic acids is 3. The smallest absolute Gasteiger partial charge is 0.408 e. The average molecular weight is 406 g/mol. The Morgan fingerprint density at radius 3 is 2.14 bits per heavy atom. The number of H-pyrrole nitrogens is 1. The van der Waals surface area contributed by atoms with Crippen LogP contribution in [0.2, 0.25) is 0 Å². The van der Waals surface area contributed by atoms with Crippen LogP contribution in [-0.4, -0.2) is 40.5 Å². The summed E-state index contributed by atoms with van der Waals surface area (Å²) in [5.41, 5.74) is 1.19. The molecular weight excluding hydrogens is 370 g/mol. The monoisotopic (exact) mass is 405 g/mol. The van der Waals surface area contributed by atoms with Gasteiger partial charge in [0.2, 0.25) is 0 Å². The number of ketones is 1. The molecule has 0 saturated heterocycles. The van der Waals surface area contributed by atoms with E-state index < -0.39 is 17.2 Å². The summed E-state index contributed by atoms with van der Waals surface area (Å²) in [5.74, 6) is -0.338. The predicted octanol–water partition coefficient (Wildman–Crippen LogP) is 4.18. The molecule has 2 amide bonds. The summed E-state index contributed by atoms with van der Waals surface area (Å²) in [4.78, 5) is 40.2.